The summed E-state index contributed by atoms with van der Waals surface area (Å²) in [4.78, 5) is 17.1. The molecule has 0 spiro atoms. The average Bonchev–Trinajstić information content (AvgIpc) is 3.38. The van der Waals surface area contributed by atoms with E-state index in [4.69, 9.17) is 0 Å². The molecule has 2 heterocycles. The molecule has 0 bridgehead atoms. The first kappa shape index (κ1) is 21.6. The van der Waals surface area contributed by atoms with Gasteiger partial charge in [0.05, 0.1) is 21.9 Å². The van der Waals surface area contributed by atoms with Gasteiger partial charge in [-0.05, 0) is 30.7 Å². The third kappa shape index (κ3) is 4.24. The molecule has 1 aliphatic rings. The van der Waals surface area contributed by atoms with Crippen molar-refractivity contribution in [1.82, 2.24) is 14.9 Å². The third-order valence-electron chi connectivity index (χ3n) is 5.25. The molecule has 1 amide bonds. The largest absolute Gasteiger partial charge is 0.352 e. The number of aromatic nitrogens is 2. The van der Waals surface area contributed by atoms with E-state index in [9.17, 15) is 22.3 Å². The van der Waals surface area contributed by atoms with Gasteiger partial charge in [0.15, 0.2) is 9.84 Å². The highest BCUT2D eigenvalue weighted by Crippen LogP contribution is 2.62. The second-order valence-corrected chi connectivity index (χ2v) is 11.5. The van der Waals surface area contributed by atoms with E-state index < -0.39 is 31.6 Å². The second-order valence-electron chi connectivity index (χ2n) is 7.31. The van der Waals surface area contributed by atoms with E-state index in [1.54, 1.807) is 36.8 Å². The Morgan fingerprint density at radius 2 is 1.94 bits per heavy atom. The van der Waals surface area contributed by atoms with E-state index in [1.165, 1.54) is 24.3 Å². The number of fused-ring (bicyclic) bond motifs is 1. The van der Waals surface area contributed by atoms with Crippen LogP contribution < -0.4 is 5.32 Å². The van der Waals surface area contributed by atoms with Gasteiger partial charge in [0.2, 0.25) is 0 Å². The van der Waals surface area contributed by atoms with Crippen molar-refractivity contribution < 1.29 is 22.3 Å². The van der Waals surface area contributed by atoms with Crippen LogP contribution in [0.15, 0.2) is 77.0 Å². The molecule has 31 heavy (non-hydrogen) atoms. The summed E-state index contributed by atoms with van der Waals surface area (Å²) in [6, 6.07) is 12.4. The fourth-order valence-electron chi connectivity index (χ4n) is 3.74. The molecule has 2 aromatic carbocycles. The number of sulfone groups is 1. The number of nitrogens with one attached hydrogen (secondary N) is 1. The zero-order valence-electron chi connectivity index (χ0n) is 16.6. The van der Waals surface area contributed by atoms with Crippen molar-refractivity contribution in [3.63, 3.8) is 0 Å². The average molecular weight is 462 g/mol. The summed E-state index contributed by atoms with van der Waals surface area (Å²) in [5.74, 6) is -0.794. The second kappa shape index (κ2) is 8.46. The van der Waals surface area contributed by atoms with E-state index in [1.807, 2.05) is 10.8 Å². The van der Waals surface area contributed by atoms with E-state index >= 15 is 0 Å². The van der Waals surface area contributed by atoms with Crippen LogP contribution in [-0.2, 0) is 16.4 Å². The lowest BCUT2D eigenvalue weighted by Gasteiger charge is -2.27. The highest BCUT2D eigenvalue weighted by Gasteiger charge is 2.45. The molecule has 0 aliphatic carbocycles. The molecule has 8 nitrogen and oxygen atoms in total. The number of benzene rings is 2. The smallest absolute Gasteiger partial charge is 0.251 e. The van der Waals surface area contributed by atoms with Gasteiger partial charge in [-0.2, -0.15) is 10.6 Å². The van der Waals surface area contributed by atoms with Gasteiger partial charge in [-0.3, -0.25) is 13.9 Å². The molecule has 164 valence electrons. The summed E-state index contributed by atoms with van der Waals surface area (Å²) in [5.41, 5.74) is 0.334. The Morgan fingerprint density at radius 1 is 1.16 bits per heavy atom. The molecule has 0 radical (unpaired) electrons. The van der Waals surface area contributed by atoms with Crippen LogP contribution in [0.4, 0.5) is 0 Å². The summed E-state index contributed by atoms with van der Waals surface area (Å²) in [6.07, 6.45) is 5.86. The molecule has 1 aliphatic heterocycles. The predicted molar refractivity (Wildman–Crippen MR) is 118 cm³/mol. The molecule has 0 fully saturated rings. The van der Waals surface area contributed by atoms with Crippen LogP contribution >= 0.6 is 10.6 Å². The van der Waals surface area contributed by atoms with E-state index in [2.05, 4.69) is 10.3 Å². The monoisotopic (exact) mass is 461 g/mol. The zero-order valence-corrected chi connectivity index (χ0v) is 18.2. The lowest BCUT2D eigenvalue weighted by atomic mass is 10.0. The maximum absolute atomic E-state index is 13.3. The number of amides is 1. The molecule has 10 heteroatoms. The maximum atomic E-state index is 13.3. The van der Waals surface area contributed by atoms with Crippen LogP contribution in [0, 0.1) is 0 Å². The summed E-state index contributed by atoms with van der Waals surface area (Å²) in [6.45, 7) is 1.06. The zero-order chi connectivity index (χ0) is 22.1. The summed E-state index contributed by atoms with van der Waals surface area (Å²) < 4.78 is 49.7. The lowest BCUT2D eigenvalue weighted by molar-refractivity contribution is 0.0951. The Kier molecular flexibility index (Phi) is 5.89. The van der Waals surface area contributed by atoms with Crippen molar-refractivity contribution in [1.29, 1.82) is 0 Å². The number of carbonyl (C=O) groups excluding carboxylic acids is 1. The first-order valence-electron chi connectivity index (χ1n) is 9.72. The van der Waals surface area contributed by atoms with Gasteiger partial charge in [-0.1, -0.05) is 24.3 Å². The van der Waals surface area contributed by atoms with Crippen LogP contribution in [0.5, 0.6) is 0 Å². The number of carbonyl (C=O) groups is 1. The topological polar surface area (TPSA) is 122 Å². The van der Waals surface area contributed by atoms with Crippen molar-refractivity contribution >= 4 is 26.3 Å². The number of imidazole rings is 1. The quantitative estimate of drug-likeness (QED) is 0.464. The fraction of sp³-hybridized carbons (Fsp3) is 0.238. The minimum absolute atomic E-state index is 0.0820. The fourth-order valence-corrected chi connectivity index (χ4v) is 8.20. The minimum Gasteiger partial charge on any atom is -0.352 e. The van der Waals surface area contributed by atoms with Crippen LogP contribution in [0.1, 0.15) is 27.6 Å². The number of hydrogen-bond acceptors (Lipinski definition) is 6. The van der Waals surface area contributed by atoms with E-state index in [0.29, 0.717) is 19.5 Å². The first-order valence-corrected chi connectivity index (χ1v) is 13.0. The van der Waals surface area contributed by atoms with Gasteiger partial charge < -0.3 is 9.88 Å². The number of rotatable bonds is 7. The van der Waals surface area contributed by atoms with E-state index in [-0.39, 0.29) is 26.7 Å². The standard InChI is InChI=1S/C21H23N3O5S2/c25-21(23-10-5-12-24-13-11-22-15-24)17-8-4-9-18-20(17)19(14-30(18,26)27)31(28,29)16-6-2-1-3-7-16/h1-4,6-9,11,13,15,19,26-27H,5,10,12,14H2,(H,23,25). The summed E-state index contributed by atoms with van der Waals surface area (Å²) in [5, 5.41) is 1.60. The van der Waals surface area contributed by atoms with Gasteiger partial charge in [-0.25, -0.2) is 13.4 Å². The molecule has 1 unspecified atom stereocenters. The van der Waals surface area contributed by atoms with Gasteiger partial charge >= 0.3 is 0 Å². The minimum atomic E-state index is -3.92. The molecule has 0 saturated carbocycles. The molecular weight excluding hydrogens is 438 g/mol. The van der Waals surface area contributed by atoms with Gasteiger partial charge in [0, 0.05) is 36.6 Å². The van der Waals surface area contributed by atoms with Crippen molar-refractivity contribution in [3.8, 4) is 0 Å². The van der Waals surface area contributed by atoms with Crippen LogP contribution in [0.2, 0.25) is 0 Å². The highest BCUT2D eigenvalue weighted by molar-refractivity contribution is 8.25. The third-order valence-corrected chi connectivity index (χ3v) is 9.40. The van der Waals surface area contributed by atoms with E-state index in [0.717, 1.165) is 0 Å². The number of aryl methyl sites for hydroxylation is 1. The lowest BCUT2D eigenvalue weighted by Crippen LogP contribution is -2.27. The first-order chi connectivity index (χ1) is 14.8. The Balaban J connectivity index is 1.61. The molecule has 4 rings (SSSR count). The SMILES string of the molecule is O=C(NCCCn1ccnc1)c1cccc2c1C(S(=O)(=O)c1ccccc1)CS2(O)O. The van der Waals surface area contributed by atoms with Gasteiger partial charge in [0.1, 0.15) is 5.25 Å². The Hall–Kier alpha value is -2.66. The van der Waals surface area contributed by atoms with Gasteiger partial charge in [-0.15, -0.1) is 0 Å². The van der Waals surface area contributed by atoms with Crippen molar-refractivity contribution in [2.45, 2.75) is 28.0 Å². The molecular formula is C21H23N3O5S2. The molecule has 3 N–H and O–H groups in total. The van der Waals surface area contributed by atoms with Crippen molar-refractivity contribution in [3.05, 3.63) is 78.4 Å². The summed E-state index contributed by atoms with van der Waals surface area (Å²) in [7, 11) is -7.25. The molecule has 0 saturated heterocycles. The van der Waals surface area contributed by atoms with Crippen LogP contribution in [0.3, 0.4) is 0 Å². The Labute approximate surface area is 182 Å². The number of nitrogens with zero attached hydrogens (tertiary/aromatic N) is 2. The van der Waals surface area contributed by atoms with Gasteiger partial charge in [0.25, 0.3) is 5.91 Å². The van der Waals surface area contributed by atoms with Crippen molar-refractivity contribution in [2.24, 2.45) is 0 Å². The number of hydrogen-bond donors (Lipinski definition) is 3. The Bertz CT molecular complexity index is 1180. The predicted octanol–water partition coefficient (Wildman–Crippen LogP) is 3.34. The molecule has 1 atom stereocenters. The normalized spacial score (nSPS) is 18.3. The summed E-state index contributed by atoms with van der Waals surface area (Å²) >= 11 is 0. The van der Waals surface area contributed by atoms with Crippen molar-refractivity contribution in [2.75, 3.05) is 12.3 Å². The Morgan fingerprint density at radius 3 is 2.65 bits per heavy atom. The van der Waals surface area contributed by atoms with Crippen LogP contribution in [0.25, 0.3) is 0 Å². The molecule has 1 aromatic heterocycles. The maximum Gasteiger partial charge on any atom is 0.251 e. The van der Waals surface area contributed by atoms with Crippen LogP contribution in [-0.4, -0.2) is 45.3 Å². The molecule has 3 aromatic rings. The highest BCUT2D eigenvalue weighted by atomic mass is 32.3.